The molecule has 2 atom stereocenters. The van der Waals surface area contributed by atoms with Crippen molar-refractivity contribution in [3.05, 3.63) is 65.9 Å². The molecule has 0 fully saturated rings. The van der Waals surface area contributed by atoms with Gasteiger partial charge in [0.1, 0.15) is 5.82 Å². The quantitative estimate of drug-likeness (QED) is 0.758. The summed E-state index contributed by atoms with van der Waals surface area (Å²) in [6, 6.07) is 11.5. The van der Waals surface area contributed by atoms with Crippen LogP contribution in [0.15, 0.2) is 48.7 Å². The minimum Gasteiger partial charge on any atom is -0.387 e. The van der Waals surface area contributed by atoms with Crippen LogP contribution < -0.4 is 5.32 Å². The molecule has 2 unspecified atom stereocenters. The third kappa shape index (κ3) is 2.98. The Morgan fingerprint density at radius 3 is 2.73 bits per heavy atom. The van der Waals surface area contributed by atoms with E-state index < -0.39 is 6.10 Å². The van der Waals surface area contributed by atoms with Crippen molar-refractivity contribution in [3.63, 3.8) is 0 Å². The van der Waals surface area contributed by atoms with Crippen molar-refractivity contribution in [1.29, 1.82) is 0 Å². The molecule has 3 aromatic rings. The van der Waals surface area contributed by atoms with Crippen LogP contribution in [0.4, 0.5) is 4.39 Å². The molecule has 0 saturated carbocycles. The maximum absolute atomic E-state index is 12.9. The van der Waals surface area contributed by atoms with Gasteiger partial charge in [-0.1, -0.05) is 18.2 Å². The van der Waals surface area contributed by atoms with Gasteiger partial charge in [0, 0.05) is 12.7 Å². The van der Waals surface area contributed by atoms with E-state index in [1.165, 1.54) is 12.1 Å². The van der Waals surface area contributed by atoms with E-state index >= 15 is 0 Å². The number of rotatable bonds is 5. The highest BCUT2D eigenvalue weighted by molar-refractivity contribution is 5.37. The Labute approximate surface area is 127 Å². The molecular formula is C16H17FN4O. The first-order chi connectivity index (χ1) is 10.6. The number of hydrogen-bond donors (Lipinski definition) is 2. The van der Waals surface area contributed by atoms with E-state index in [1.54, 1.807) is 12.1 Å². The van der Waals surface area contributed by atoms with Crippen LogP contribution in [0, 0.1) is 5.82 Å². The van der Waals surface area contributed by atoms with Crippen LogP contribution in [-0.2, 0) is 0 Å². The summed E-state index contributed by atoms with van der Waals surface area (Å²) in [5.74, 6) is 0.467. The lowest BCUT2D eigenvalue weighted by molar-refractivity contribution is 0.170. The molecule has 0 aliphatic rings. The van der Waals surface area contributed by atoms with Gasteiger partial charge in [0.05, 0.1) is 12.1 Å². The van der Waals surface area contributed by atoms with Gasteiger partial charge < -0.3 is 10.4 Å². The third-order valence-corrected chi connectivity index (χ3v) is 3.60. The summed E-state index contributed by atoms with van der Waals surface area (Å²) < 4.78 is 14.8. The second kappa shape index (κ2) is 6.21. The summed E-state index contributed by atoms with van der Waals surface area (Å²) in [6.45, 7) is 2.30. The number of hydrogen-bond acceptors (Lipinski definition) is 4. The van der Waals surface area contributed by atoms with Crippen molar-refractivity contribution >= 4 is 5.65 Å². The Balaban J connectivity index is 1.67. The minimum absolute atomic E-state index is 0.0764. The first-order valence-electron chi connectivity index (χ1n) is 7.12. The van der Waals surface area contributed by atoms with E-state index in [4.69, 9.17) is 0 Å². The van der Waals surface area contributed by atoms with Gasteiger partial charge in [0.2, 0.25) is 0 Å². The predicted molar refractivity (Wildman–Crippen MR) is 80.8 cm³/mol. The Kier molecular flexibility index (Phi) is 4.13. The fraction of sp³-hybridized carbons (Fsp3) is 0.250. The number of aromatic nitrogens is 3. The monoisotopic (exact) mass is 300 g/mol. The maximum Gasteiger partial charge on any atom is 0.160 e. The van der Waals surface area contributed by atoms with Crippen LogP contribution in [0.3, 0.4) is 0 Å². The molecule has 2 heterocycles. The molecule has 22 heavy (non-hydrogen) atoms. The van der Waals surface area contributed by atoms with E-state index in [-0.39, 0.29) is 11.9 Å². The highest BCUT2D eigenvalue weighted by Gasteiger charge is 2.15. The Morgan fingerprint density at radius 1 is 1.18 bits per heavy atom. The zero-order chi connectivity index (χ0) is 15.5. The van der Waals surface area contributed by atoms with E-state index in [2.05, 4.69) is 15.5 Å². The number of pyridine rings is 1. The summed E-state index contributed by atoms with van der Waals surface area (Å²) >= 11 is 0. The molecule has 2 aromatic heterocycles. The predicted octanol–water partition coefficient (Wildman–Crippen LogP) is 2.25. The van der Waals surface area contributed by atoms with Crippen molar-refractivity contribution in [2.45, 2.75) is 19.1 Å². The number of aliphatic hydroxyl groups is 1. The lowest BCUT2D eigenvalue weighted by atomic mass is 10.1. The average Bonchev–Trinajstić information content (AvgIpc) is 2.97. The summed E-state index contributed by atoms with van der Waals surface area (Å²) in [5, 5.41) is 21.6. The molecule has 0 amide bonds. The SMILES string of the molecule is CC(NCC(O)c1ccc(F)cc1)c1nnc2ccccn12. The number of fused-ring (bicyclic) bond motifs is 1. The van der Waals surface area contributed by atoms with Gasteiger partial charge in [-0.15, -0.1) is 10.2 Å². The normalized spacial score (nSPS) is 14.1. The van der Waals surface area contributed by atoms with Crippen LogP contribution in [-0.4, -0.2) is 26.2 Å². The van der Waals surface area contributed by atoms with Gasteiger partial charge in [-0.3, -0.25) is 4.40 Å². The molecule has 0 spiro atoms. The standard InChI is InChI=1S/C16H17FN4O/c1-11(16-20-19-15-4-2-3-9-21(15)16)18-10-14(22)12-5-7-13(17)8-6-12/h2-9,11,14,18,22H,10H2,1H3. The molecule has 5 nitrogen and oxygen atoms in total. The molecule has 6 heteroatoms. The Bertz CT molecular complexity index is 756. The number of aliphatic hydroxyl groups excluding tert-OH is 1. The van der Waals surface area contributed by atoms with E-state index in [1.807, 2.05) is 35.7 Å². The van der Waals surface area contributed by atoms with Crippen molar-refractivity contribution < 1.29 is 9.50 Å². The van der Waals surface area contributed by atoms with Crippen LogP contribution in [0.1, 0.15) is 30.5 Å². The molecule has 114 valence electrons. The van der Waals surface area contributed by atoms with Crippen molar-refractivity contribution in [1.82, 2.24) is 19.9 Å². The van der Waals surface area contributed by atoms with E-state index in [9.17, 15) is 9.50 Å². The van der Waals surface area contributed by atoms with Gasteiger partial charge >= 0.3 is 0 Å². The number of nitrogens with zero attached hydrogens (tertiary/aromatic N) is 3. The van der Waals surface area contributed by atoms with Gasteiger partial charge in [0.15, 0.2) is 11.5 Å². The van der Waals surface area contributed by atoms with Crippen LogP contribution in [0.25, 0.3) is 5.65 Å². The highest BCUT2D eigenvalue weighted by atomic mass is 19.1. The number of benzene rings is 1. The summed E-state index contributed by atoms with van der Waals surface area (Å²) in [4.78, 5) is 0. The van der Waals surface area contributed by atoms with Gasteiger partial charge in [-0.2, -0.15) is 0 Å². The fourth-order valence-corrected chi connectivity index (χ4v) is 2.34. The minimum atomic E-state index is -0.706. The molecule has 0 aliphatic carbocycles. The molecule has 3 rings (SSSR count). The molecular weight excluding hydrogens is 283 g/mol. The molecule has 2 N–H and O–H groups in total. The molecule has 1 aromatic carbocycles. The Morgan fingerprint density at radius 2 is 1.95 bits per heavy atom. The molecule has 0 bridgehead atoms. The lowest BCUT2D eigenvalue weighted by Gasteiger charge is -2.16. The third-order valence-electron chi connectivity index (χ3n) is 3.60. The van der Waals surface area contributed by atoms with Crippen LogP contribution >= 0.6 is 0 Å². The summed E-state index contributed by atoms with van der Waals surface area (Å²) in [5.41, 5.74) is 1.46. The lowest BCUT2D eigenvalue weighted by Crippen LogP contribution is -2.26. The second-order valence-corrected chi connectivity index (χ2v) is 5.18. The van der Waals surface area contributed by atoms with Crippen molar-refractivity contribution in [2.75, 3.05) is 6.54 Å². The van der Waals surface area contributed by atoms with Gasteiger partial charge in [0.25, 0.3) is 0 Å². The highest BCUT2D eigenvalue weighted by Crippen LogP contribution is 2.16. The van der Waals surface area contributed by atoms with E-state index in [0.717, 1.165) is 11.5 Å². The first kappa shape index (κ1) is 14.6. The molecule has 0 saturated heterocycles. The number of halogens is 1. The topological polar surface area (TPSA) is 62.5 Å². The number of nitrogens with one attached hydrogen (secondary N) is 1. The van der Waals surface area contributed by atoms with Crippen LogP contribution in [0.2, 0.25) is 0 Å². The Hall–Kier alpha value is -2.31. The average molecular weight is 300 g/mol. The first-order valence-corrected chi connectivity index (χ1v) is 7.12. The second-order valence-electron chi connectivity index (χ2n) is 5.18. The van der Waals surface area contributed by atoms with Gasteiger partial charge in [-0.25, -0.2) is 4.39 Å². The summed E-state index contributed by atoms with van der Waals surface area (Å²) in [6.07, 6.45) is 1.20. The van der Waals surface area contributed by atoms with Crippen LogP contribution in [0.5, 0.6) is 0 Å². The van der Waals surface area contributed by atoms with Crippen molar-refractivity contribution in [2.24, 2.45) is 0 Å². The summed E-state index contributed by atoms with van der Waals surface area (Å²) in [7, 11) is 0. The van der Waals surface area contributed by atoms with E-state index in [0.29, 0.717) is 12.1 Å². The smallest absolute Gasteiger partial charge is 0.160 e. The fourth-order valence-electron chi connectivity index (χ4n) is 2.34. The zero-order valence-corrected chi connectivity index (χ0v) is 12.1. The largest absolute Gasteiger partial charge is 0.387 e. The maximum atomic E-state index is 12.9. The molecule has 0 aliphatic heterocycles. The zero-order valence-electron chi connectivity index (χ0n) is 12.1. The van der Waals surface area contributed by atoms with Crippen molar-refractivity contribution in [3.8, 4) is 0 Å². The van der Waals surface area contributed by atoms with Gasteiger partial charge in [-0.05, 0) is 36.8 Å². The molecule has 0 radical (unpaired) electrons.